The molecule has 0 heterocycles. The number of aliphatic hydroxyl groups is 1. The first-order valence-electron chi connectivity index (χ1n) is 7.16. The van der Waals surface area contributed by atoms with E-state index in [9.17, 15) is 18.7 Å². The maximum Gasteiger partial charge on any atom is 0.314 e. The van der Waals surface area contributed by atoms with Crippen molar-refractivity contribution in [2.75, 3.05) is 20.2 Å². The van der Waals surface area contributed by atoms with Crippen molar-refractivity contribution >= 4 is 6.03 Å². The minimum atomic E-state index is -1.45. The van der Waals surface area contributed by atoms with E-state index in [0.717, 1.165) is 31.4 Å². The third-order valence-electron chi connectivity index (χ3n) is 4.06. The van der Waals surface area contributed by atoms with Gasteiger partial charge in [-0.05, 0) is 31.4 Å². The molecule has 0 radical (unpaired) electrons. The van der Waals surface area contributed by atoms with E-state index < -0.39 is 29.3 Å². The Labute approximate surface area is 127 Å². The SMILES string of the molecule is COC1(CNC(=O)NCC(O)c2c(F)cccc2F)CCC1. The Bertz CT molecular complexity index is 510. The normalized spacial score (nSPS) is 17.5. The summed E-state index contributed by atoms with van der Waals surface area (Å²) >= 11 is 0. The number of ether oxygens (including phenoxy) is 1. The van der Waals surface area contributed by atoms with Crippen molar-refractivity contribution < 1.29 is 23.4 Å². The summed E-state index contributed by atoms with van der Waals surface area (Å²) in [5, 5.41) is 14.8. The highest BCUT2D eigenvalue weighted by Crippen LogP contribution is 2.34. The van der Waals surface area contributed by atoms with Gasteiger partial charge in [0.15, 0.2) is 0 Å². The topological polar surface area (TPSA) is 70.6 Å². The third-order valence-corrected chi connectivity index (χ3v) is 4.06. The number of urea groups is 1. The Kier molecular flexibility index (Phi) is 5.31. The molecule has 0 saturated heterocycles. The lowest BCUT2D eigenvalue weighted by Gasteiger charge is -2.40. The standard InChI is InChI=1S/C15H20F2N2O3/c1-22-15(6-3-7-15)9-19-14(21)18-8-12(20)13-10(16)4-2-5-11(13)17/h2,4-5,12,20H,3,6-9H2,1H3,(H2,18,19,21). The van der Waals surface area contributed by atoms with Crippen molar-refractivity contribution in [3.05, 3.63) is 35.4 Å². The van der Waals surface area contributed by atoms with Gasteiger partial charge in [-0.15, -0.1) is 0 Å². The lowest BCUT2D eigenvalue weighted by molar-refractivity contribution is -0.0674. The molecule has 0 spiro atoms. The third kappa shape index (κ3) is 3.72. The number of hydrogen-bond donors (Lipinski definition) is 3. The van der Waals surface area contributed by atoms with E-state index in [1.54, 1.807) is 7.11 Å². The summed E-state index contributed by atoms with van der Waals surface area (Å²) in [7, 11) is 1.60. The maximum absolute atomic E-state index is 13.5. The summed E-state index contributed by atoms with van der Waals surface area (Å²) in [6.07, 6.45) is 1.37. The van der Waals surface area contributed by atoms with Crippen LogP contribution in [0.1, 0.15) is 30.9 Å². The largest absolute Gasteiger partial charge is 0.386 e. The average molecular weight is 314 g/mol. The van der Waals surface area contributed by atoms with Gasteiger partial charge < -0.3 is 20.5 Å². The smallest absolute Gasteiger partial charge is 0.314 e. The van der Waals surface area contributed by atoms with Crippen LogP contribution in [0.3, 0.4) is 0 Å². The van der Waals surface area contributed by atoms with Gasteiger partial charge >= 0.3 is 6.03 Å². The van der Waals surface area contributed by atoms with Crippen LogP contribution < -0.4 is 10.6 Å². The second kappa shape index (κ2) is 7.02. The predicted octanol–water partition coefficient (Wildman–Crippen LogP) is 1.87. The van der Waals surface area contributed by atoms with E-state index >= 15 is 0 Å². The molecule has 1 atom stereocenters. The fourth-order valence-electron chi connectivity index (χ4n) is 2.45. The Morgan fingerprint density at radius 1 is 1.36 bits per heavy atom. The Morgan fingerprint density at radius 3 is 2.50 bits per heavy atom. The van der Waals surface area contributed by atoms with Gasteiger partial charge in [0.1, 0.15) is 17.7 Å². The van der Waals surface area contributed by atoms with Gasteiger partial charge in [0.05, 0.1) is 11.2 Å². The molecule has 0 bridgehead atoms. The molecular weight excluding hydrogens is 294 g/mol. The van der Waals surface area contributed by atoms with Crippen molar-refractivity contribution in [3.8, 4) is 0 Å². The molecule has 1 aromatic carbocycles. The first-order chi connectivity index (χ1) is 10.5. The molecule has 2 amide bonds. The second-order valence-corrected chi connectivity index (χ2v) is 5.46. The van der Waals surface area contributed by atoms with Crippen LogP contribution in [0.2, 0.25) is 0 Å². The van der Waals surface area contributed by atoms with E-state index in [-0.39, 0.29) is 12.1 Å². The minimum absolute atomic E-state index is 0.288. The van der Waals surface area contributed by atoms with Crippen LogP contribution in [-0.2, 0) is 4.74 Å². The van der Waals surface area contributed by atoms with Crippen LogP contribution in [0.4, 0.5) is 13.6 Å². The maximum atomic E-state index is 13.5. The van der Waals surface area contributed by atoms with Gasteiger partial charge in [-0.25, -0.2) is 13.6 Å². The molecule has 1 unspecified atom stereocenters. The highest BCUT2D eigenvalue weighted by atomic mass is 19.1. The summed E-state index contributed by atoms with van der Waals surface area (Å²) in [6, 6.07) is 2.81. The van der Waals surface area contributed by atoms with Crippen molar-refractivity contribution in [3.63, 3.8) is 0 Å². The Balaban J connectivity index is 1.81. The lowest BCUT2D eigenvalue weighted by Crippen LogP contribution is -2.51. The minimum Gasteiger partial charge on any atom is -0.386 e. The number of nitrogens with one attached hydrogen (secondary N) is 2. The van der Waals surface area contributed by atoms with Crippen molar-refractivity contribution in [1.82, 2.24) is 10.6 Å². The Morgan fingerprint density at radius 2 is 2.00 bits per heavy atom. The van der Waals surface area contributed by atoms with Gasteiger partial charge in [0.25, 0.3) is 0 Å². The van der Waals surface area contributed by atoms with Crippen LogP contribution in [0.25, 0.3) is 0 Å². The summed E-state index contributed by atoms with van der Waals surface area (Å²) in [6.45, 7) is 0.0726. The van der Waals surface area contributed by atoms with Gasteiger partial charge in [0, 0.05) is 20.2 Å². The molecule has 1 aliphatic carbocycles. The van der Waals surface area contributed by atoms with E-state index in [2.05, 4.69) is 10.6 Å². The molecule has 1 aliphatic rings. The summed E-state index contributed by atoms with van der Waals surface area (Å²) < 4.78 is 32.3. The molecule has 1 saturated carbocycles. The molecule has 7 heteroatoms. The zero-order valence-electron chi connectivity index (χ0n) is 12.4. The Hall–Kier alpha value is -1.73. The number of carbonyl (C=O) groups is 1. The van der Waals surface area contributed by atoms with E-state index in [1.165, 1.54) is 6.07 Å². The van der Waals surface area contributed by atoms with Crippen molar-refractivity contribution in [2.45, 2.75) is 31.0 Å². The molecule has 122 valence electrons. The number of carbonyl (C=O) groups excluding carboxylic acids is 1. The predicted molar refractivity (Wildman–Crippen MR) is 76.3 cm³/mol. The lowest BCUT2D eigenvalue weighted by atomic mass is 9.80. The van der Waals surface area contributed by atoms with Gasteiger partial charge in [-0.1, -0.05) is 6.07 Å². The number of hydrogen-bond acceptors (Lipinski definition) is 3. The van der Waals surface area contributed by atoms with Gasteiger partial charge in [0.2, 0.25) is 0 Å². The second-order valence-electron chi connectivity index (χ2n) is 5.46. The van der Waals surface area contributed by atoms with Crippen molar-refractivity contribution in [1.29, 1.82) is 0 Å². The van der Waals surface area contributed by atoms with Gasteiger partial charge in [-0.2, -0.15) is 0 Å². The number of benzene rings is 1. The molecule has 3 N–H and O–H groups in total. The monoisotopic (exact) mass is 314 g/mol. The quantitative estimate of drug-likeness (QED) is 0.751. The van der Waals surface area contributed by atoms with Crippen LogP contribution in [0.5, 0.6) is 0 Å². The molecule has 1 aromatic rings. The fourth-order valence-corrected chi connectivity index (χ4v) is 2.45. The summed E-state index contributed by atoms with van der Waals surface area (Å²) in [4.78, 5) is 11.7. The molecule has 2 rings (SSSR count). The highest BCUT2D eigenvalue weighted by molar-refractivity contribution is 5.74. The highest BCUT2D eigenvalue weighted by Gasteiger charge is 2.37. The van der Waals surface area contributed by atoms with E-state index in [4.69, 9.17) is 4.74 Å². The molecule has 5 nitrogen and oxygen atoms in total. The fraction of sp³-hybridized carbons (Fsp3) is 0.533. The number of aliphatic hydroxyl groups excluding tert-OH is 1. The summed E-state index contributed by atoms with van der Waals surface area (Å²) in [5.74, 6) is -1.69. The number of methoxy groups -OCH3 is 1. The van der Waals surface area contributed by atoms with Crippen LogP contribution in [-0.4, -0.2) is 36.9 Å². The first kappa shape index (κ1) is 16.6. The van der Waals surface area contributed by atoms with Crippen LogP contribution in [0, 0.1) is 11.6 Å². The molecule has 1 fully saturated rings. The van der Waals surface area contributed by atoms with Gasteiger partial charge in [-0.3, -0.25) is 0 Å². The zero-order valence-corrected chi connectivity index (χ0v) is 12.4. The molecule has 0 aromatic heterocycles. The number of amides is 2. The van der Waals surface area contributed by atoms with E-state index in [0.29, 0.717) is 6.54 Å². The first-order valence-corrected chi connectivity index (χ1v) is 7.16. The van der Waals surface area contributed by atoms with Crippen molar-refractivity contribution in [2.24, 2.45) is 0 Å². The van der Waals surface area contributed by atoms with Crippen LogP contribution >= 0.6 is 0 Å². The number of rotatable bonds is 6. The molecule has 22 heavy (non-hydrogen) atoms. The van der Waals surface area contributed by atoms with E-state index in [1.807, 2.05) is 0 Å². The zero-order chi connectivity index (χ0) is 16.2. The van der Waals surface area contributed by atoms with Crippen LogP contribution in [0.15, 0.2) is 18.2 Å². The molecule has 0 aliphatic heterocycles. The molecular formula is C15H20F2N2O3. The average Bonchev–Trinajstić information content (AvgIpc) is 2.44. The summed E-state index contributed by atoms with van der Waals surface area (Å²) in [5.41, 5.74) is -0.761. The number of halogens is 2.